The van der Waals surface area contributed by atoms with Crippen LogP contribution in [0.2, 0.25) is 0 Å². The van der Waals surface area contributed by atoms with Crippen molar-refractivity contribution in [3.8, 4) is 0 Å². The molecule has 0 aliphatic heterocycles. The van der Waals surface area contributed by atoms with E-state index in [1.54, 1.807) is 27.7 Å². The average Bonchev–Trinajstić information content (AvgIpc) is 2.33. The first kappa shape index (κ1) is 19.3. The van der Waals surface area contributed by atoms with Gasteiger partial charge in [0, 0.05) is 0 Å². The molecule has 0 unspecified atom stereocenters. The number of rotatable bonds is 10. The van der Waals surface area contributed by atoms with E-state index in [2.05, 4.69) is 0 Å². The Labute approximate surface area is 117 Å². The van der Waals surface area contributed by atoms with Crippen LogP contribution in [0.3, 0.4) is 0 Å². The summed E-state index contributed by atoms with van der Waals surface area (Å²) in [5, 5.41) is 0. The van der Waals surface area contributed by atoms with E-state index in [-0.39, 0.29) is 11.3 Å². The Balaban J connectivity index is 5.05. The molecular formula is C12H28O5P2. The van der Waals surface area contributed by atoms with Crippen LogP contribution >= 0.6 is 15.2 Å². The SMILES string of the molecule is CCCO[P@](=O)(O[P@@](=O)(OCCC)C(C)C)C(C)C. The Hall–Kier alpha value is 0.340. The van der Waals surface area contributed by atoms with Crippen LogP contribution in [0.15, 0.2) is 0 Å². The topological polar surface area (TPSA) is 61.8 Å². The van der Waals surface area contributed by atoms with E-state index in [9.17, 15) is 9.13 Å². The average molecular weight is 314 g/mol. The highest BCUT2D eigenvalue weighted by Gasteiger charge is 2.41. The zero-order valence-electron chi connectivity index (χ0n) is 12.9. The molecule has 7 heteroatoms. The third kappa shape index (κ3) is 6.10. The Bertz CT molecular complexity index is 309. The van der Waals surface area contributed by atoms with Gasteiger partial charge in [-0.3, -0.25) is 9.13 Å². The van der Waals surface area contributed by atoms with Gasteiger partial charge in [0.15, 0.2) is 0 Å². The fourth-order valence-electron chi connectivity index (χ4n) is 1.13. The standard InChI is InChI=1S/C12H28O5P2/c1-7-9-15-18(13,11(3)4)17-19(14,12(5)6)16-10-8-2/h11-12H,7-10H2,1-6H3/t18-,19-/m0/s1. The van der Waals surface area contributed by atoms with Gasteiger partial charge in [-0.25, -0.2) is 4.31 Å². The fraction of sp³-hybridized carbons (Fsp3) is 1.00. The second-order valence-electron chi connectivity index (χ2n) is 5.02. The summed E-state index contributed by atoms with van der Waals surface area (Å²) in [5.41, 5.74) is -0.701. The summed E-state index contributed by atoms with van der Waals surface area (Å²) in [7, 11) is -6.82. The highest BCUT2D eigenvalue weighted by atomic mass is 31.3. The lowest BCUT2D eigenvalue weighted by Crippen LogP contribution is -2.11. The highest BCUT2D eigenvalue weighted by Crippen LogP contribution is 2.68. The van der Waals surface area contributed by atoms with Gasteiger partial charge in [-0.15, -0.1) is 0 Å². The molecule has 0 radical (unpaired) electrons. The van der Waals surface area contributed by atoms with Gasteiger partial charge in [-0.2, -0.15) is 0 Å². The Morgan fingerprint density at radius 3 is 1.32 bits per heavy atom. The van der Waals surface area contributed by atoms with Gasteiger partial charge in [0.2, 0.25) is 0 Å². The lowest BCUT2D eigenvalue weighted by Gasteiger charge is -2.28. The molecule has 0 saturated heterocycles. The van der Waals surface area contributed by atoms with E-state index in [1.165, 1.54) is 0 Å². The molecule has 2 atom stereocenters. The normalized spacial score (nSPS) is 18.5. The van der Waals surface area contributed by atoms with Crippen molar-refractivity contribution in [1.29, 1.82) is 0 Å². The van der Waals surface area contributed by atoms with Crippen molar-refractivity contribution in [3.05, 3.63) is 0 Å². The monoisotopic (exact) mass is 314 g/mol. The van der Waals surface area contributed by atoms with Gasteiger partial charge in [0.1, 0.15) is 0 Å². The molecule has 19 heavy (non-hydrogen) atoms. The van der Waals surface area contributed by atoms with Gasteiger partial charge < -0.3 is 9.05 Å². The third-order valence-corrected chi connectivity index (χ3v) is 7.88. The van der Waals surface area contributed by atoms with Crippen LogP contribution in [0.5, 0.6) is 0 Å². The first-order valence-corrected chi connectivity index (χ1v) is 10.1. The lowest BCUT2D eigenvalue weighted by molar-refractivity contribution is 0.219. The molecular weight excluding hydrogens is 286 g/mol. The van der Waals surface area contributed by atoms with Crippen LogP contribution in [0.25, 0.3) is 0 Å². The molecule has 0 aromatic rings. The molecule has 0 N–H and O–H groups in total. The summed E-state index contributed by atoms with van der Waals surface area (Å²) in [5.74, 6) is 0. The maximum absolute atomic E-state index is 12.7. The Morgan fingerprint density at radius 1 is 0.789 bits per heavy atom. The van der Waals surface area contributed by atoms with Gasteiger partial charge in [0.05, 0.1) is 24.5 Å². The molecule has 0 amide bonds. The summed E-state index contributed by atoms with van der Waals surface area (Å²) in [4.78, 5) is 0. The van der Waals surface area contributed by atoms with Crippen molar-refractivity contribution in [1.82, 2.24) is 0 Å². The predicted octanol–water partition coefficient (Wildman–Crippen LogP) is 5.06. The summed E-state index contributed by atoms with van der Waals surface area (Å²) in [6.45, 7) is 11.4. The van der Waals surface area contributed by atoms with Crippen molar-refractivity contribution in [2.45, 2.75) is 65.7 Å². The summed E-state index contributed by atoms with van der Waals surface area (Å²) < 4.78 is 41.4. The van der Waals surface area contributed by atoms with Crippen molar-refractivity contribution in [2.75, 3.05) is 13.2 Å². The minimum absolute atomic E-state index is 0.321. The first-order valence-electron chi connectivity index (χ1n) is 6.91. The molecule has 0 aliphatic rings. The van der Waals surface area contributed by atoms with Crippen LogP contribution < -0.4 is 0 Å². The highest BCUT2D eigenvalue weighted by molar-refractivity contribution is 7.67. The van der Waals surface area contributed by atoms with E-state index in [0.717, 1.165) is 12.8 Å². The predicted molar refractivity (Wildman–Crippen MR) is 79.1 cm³/mol. The quantitative estimate of drug-likeness (QED) is 0.527. The lowest BCUT2D eigenvalue weighted by atomic mass is 10.5. The molecule has 116 valence electrons. The second-order valence-corrected chi connectivity index (χ2v) is 10.4. The zero-order chi connectivity index (χ0) is 15.1. The van der Waals surface area contributed by atoms with Gasteiger partial charge in [0.25, 0.3) is 0 Å². The molecule has 0 heterocycles. The molecule has 0 aromatic carbocycles. The summed E-state index contributed by atoms with van der Waals surface area (Å²) in [6.07, 6.45) is 1.45. The number of hydrogen-bond acceptors (Lipinski definition) is 5. The van der Waals surface area contributed by atoms with Crippen molar-refractivity contribution in [2.24, 2.45) is 0 Å². The van der Waals surface area contributed by atoms with E-state index >= 15 is 0 Å². The third-order valence-electron chi connectivity index (χ3n) is 2.44. The van der Waals surface area contributed by atoms with E-state index in [4.69, 9.17) is 13.4 Å². The molecule has 0 bridgehead atoms. The van der Waals surface area contributed by atoms with Gasteiger partial charge in [-0.05, 0) is 12.8 Å². The fourth-order valence-corrected chi connectivity index (χ4v) is 5.75. The maximum Gasteiger partial charge on any atom is 0.340 e. The minimum atomic E-state index is -3.41. The smallest absolute Gasteiger partial charge is 0.308 e. The summed E-state index contributed by atoms with van der Waals surface area (Å²) in [6, 6.07) is 0. The second kappa shape index (κ2) is 8.59. The number of hydrogen-bond donors (Lipinski definition) is 0. The molecule has 0 fully saturated rings. The minimum Gasteiger partial charge on any atom is -0.308 e. The van der Waals surface area contributed by atoms with E-state index < -0.39 is 15.2 Å². The molecule has 0 aromatic heterocycles. The summed E-state index contributed by atoms with van der Waals surface area (Å²) >= 11 is 0. The van der Waals surface area contributed by atoms with Crippen LogP contribution in [-0.4, -0.2) is 24.5 Å². The van der Waals surface area contributed by atoms with Crippen LogP contribution in [0, 0.1) is 0 Å². The van der Waals surface area contributed by atoms with Crippen molar-refractivity contribution in [3.63, 3.8) is 0 Å². The molecule has 0 rings (SSSR count). The van der Waals surface area contributed by atoms with Crippen molar-refractivity contribution >= 4 is 15.2 Å². The van der Waals surface area contributed by atoms with Gasteiger partial charge in [-0.1, -0.05) is 41.5 Å². The largest absolute Gasteiger partial charge is 0.340 e. The van der Waals surface area contributed by atoms with Crippen LogP contribution in [-0.2, 0) is 22.5 Å². The molecule has 0 aliphatic carbocycles. The van der Waals surface area contributed by atoms with Crippen LogP contribution in [0.1, 0.15) is 54.4 Å². The molecule has 5 nitrogen and oxygen atoms in total. The van der Waals surface area contributed by atoms with Crippen molar-refractivity contribution < 1.29 is 22.5 Å². The van der Waals surface area contributed by atoms with Gasteiger partial charge >= 0.3 is 15.2 Å². The Morgan fingerprint density at radius 2 is 1.11 bits per heavy atom. The van der Waals surface area contributed by atoms with E-state index in [1.807, 2.05) is 13.8 Å². The van der Waals surface area contributed by atoms with E-state index in [0.29, 0.717) is 13.2 Å². The molecule has 0 spiro atoms. The Kier molecular flexibility index (Phi) is 8.74. The van der Waals surface area contributed by atoms with Crippen LogP contribution in [0.4, 0.5) is 0 Å². The maximum atomic E-state index is 12.7. The first-order chi connectivity index (χ1) is 8.72. The molecule has 0 saturated carbocycles. The zero-order valence-corrected chi connectivity index (χ0v) is 14.7.